The SMILES string of the molecule is CCCN(C=O)C(C(=O)O)c1ccc(F)cc1Br. The van der Waals surface area contributed by atoms with Crippen molar-refractivity contribution in [2.75, 3.05) is 6.54 Å². The van der Waals surface area contributed by atoms with Crippen molar-refractivity contribution in [1.29, 1.82) is 0 Å². The van der Waals surface area contributed by atoms with Gasteiger partial charge in [-0.1, -0.05) is 28.9 Å². The average molecular weight is 318 g/mol. The molecule has 0 bridgehead atoms. The average Bonchev–Trinajstić information content (AvgIpc) is 2.30. The molecule has 6 heteroatoms. The van der Waals surface area contributed by atoms with Gasteiger partial charge in [-0.15, -0.1) is 0 Å². The number of nitrogens with zero attached hydrogens (tertiary/aromatic N) is 1. The quantitative estimate of drug-likeness (QED) is 0.820. The van der Waals surface area contributed by atoms with Crippen molar-refractivity contribution in [2.45, 2.75) is 19.4 Å². The Bertz CT molecular complexity index is 453. The van der Waals surface area contributed by atoms with E-state index < -0.39 is 17.8 Å². The molecule has 1 unspecified atom stereocenters. The number of carbonyl (C=O) groups is 2. The summed E-state index contributed by atoms with van der Waals surface area (Å²) in [4.78, 5) is 23.4. The van der Waals surface area contributed by atoms with E-state index in [4.69, 9.17) is 0 Å². The summed E-state index contributed by atoms with van der Waals surface area (Å²) in [7, 11) is 0. The molecule has 1 aromatic carbocycles. The maximum absolute atomic E-state index is 13.0. The third-order valence-corrected chi connectivity index (χ3v) is 3.13. The lowest BCUT2D eigenvalue weighted by Gasteiger charge is -2.25. The first-order chi connectivity index (χ1) is 8.51. The third kappa shape index (κ3) is 3.29. The first kappa shape index (κ1) is 14.6. The molecule has 18 heavy (non-hydrogen) atoms. The van der Waals surface area contributed by atoms with E-state index in [2.05, 4.69) is 15.9 Å². The minimum Gasteiger partial charge on any atom is -0.479 e. The number of carbonyl (C=O) groups excluding carboxylic acids is 1. The fourth-order valence-corrected chi connectivity index (χ4v) is 2.25. The van der Waals surface area contributed by atoms with Crippen LogP contribution in [0.4, 0.5) is 4.39 Å². The Labute approximate surface area is 113 Å². The first-order valence-electron chi connectivity index (χ1n) is 5.40. The van der Waals surface area contributed by atoms with Gasteiger partial charge in [0.05, 0.1) is 0 Å². The highest BCUT2D eigenvalue weighted by Crippen LogP contribution is 2.28. The molecule has 0 aliphatic carbocycles. The summed E-state index contributed by atoms with van der Waals surface area (Å²) in [5.41, 5.74) is 0.351. The minimum absolute atomic E-state index is 0.324. The van der Waals surface area contributed by atoms with Gasteiger partial charge in [0.1, 0.15) is 5.82 Å². The zero-order valence-electron chi connectivity index (χ0n) is 9.77. The van der Waals surface area contributed by atoms with E-state index in [1.165, 1.54) is 23.1 Å². The maximum atomic E-state index is 13.0. The number of amides is 1. The van der Waals surface area contributed by atoms with Gasteiger partial charge in [-0.05, 0) is 18.6 Å². The highest BCUT2D eigenvalue weighted by Gasteiger charge is 2.27. The van der Waals surface area contributed by atoms with E-state index in [0.29, 0.717) is 29.4 Å². The minimum atomic E-state index is -1.15. The van der Waals surface area contributed by atoms with Gasteiger partial charge >= 0.3 is 5.97 Å². The lowest BCUT2D eigenvalue weighted by Crippen LogP contribution is -2.34. The second kappa shape index (κ2) is 6.49. The van der Waals surface area contributed by atoms with Crippen molar-refractivity contribution < 1.29 is 19.1 Å². The van der Waals surface area contributed by atoms with Crippen LogP contribution >= 0.6 is 15.9 Å². The molecule has 0 radical (unpaired) electrons. The Kier molecular flexibility index (Phi) is 5.27. The largest absolute Gasteiger partial charge is 0.479 e. The summed E-state index contributed by atoms with van der Waals surface area (Å²) >= 11 is 3.12. The fourth-order valence-electron chi connectivity index (χ4n) is 1.68. The summed E-state index contributed by atoms with van der Waals surface area (Å²) in [6.45, 7) is 2.17. The van der Waals surface area contributed by atoms with Gasteiger partial charge in [0.25, 0.3) is 0 Å². The molecule has 0 aliphatic heterocycles. The number of aliphatic carboxylic acids is 1. The zero-order valence-corrected chi connectivity index (χ0v) is 11.4. The fraction of sp³-hybridized carbons (Fsp3) is 0.333. The van der Waals surface area contributed by atoms with Crippen LogP contribution in [0.15, 0.2) is 22.7 Å². The van der Waals surface area contributed by atoms with Gasteiger partial charge in [-0.25, -0.2) is 9.18 Å². The third-order valence-electron chi connectivity index (χ3n) is 2.44. The molecule has 0 saturated heterocycles. The van der Waals surface area contributed by atoms with Crippen LogP contribution in [0.1, 0.15) is 24.9 Å². The molecular weight excluding hydrogens is 305 g/mol. The molecule has 0 aromatic heterocycles. The van der Waals surface area contributed by atoms with Crippen molar-refractivity contribution in [3.63, 3.8) is 0 Å². The van der Waals surface area contributed by atoms with E-state index in [1.807, 2.05) is 6.92 Å². The van der Waals surface area contributed by atoms with Crippen molar-refractivity contribution in [3.05, 3.63) is 34.1 Å². The van der Waals surface area contributed by atoms with Crippen LogP contribution in [0.5, 0.6) is 0 Å². The maximum Gasteiger partial charge on any atom is 0.331 e. The van der Waals surface area contributed by atoms with Gasteiger partial charge in [0.15, 0.2) is 6.04 Å². The molecule has 0 spiro atoms. The summed E-state index contributed by atoms with van der Waals surface area (Å²) in [5, 5.41) is 9.23. The molecule has 1 N–H and O–H groups in total. The predicted octanol–water partition coefficient (Wildman–Crippen LogP) is 2.58. The van der Waals surface area contributed by atoms with Crippen LogP contribution in [0, 0.1) is 5.82 Å². The number of carboxylic acid groups (broad SMARTS) is 1. The van der Waals surface area contributed by atoms with Gasteiger partial charge in [0.2, 0.25) is 6.41 Å². The summed E-state index contributed by atoms with van der Waals surface area (Å²) < 4.78 is 13.3. The number of halogens is 2. The Morgan fingerprint density at radius 1 is 1.61 bits per heavy atom. The molecule has 98 valence electrons. The van der Waals surface area contributed by atoms with Crippen LogP contribution < -0.4 is 0 Å². The van der Waals surface area contributed by atoms with E-state index in [0.717, 1.165) is 0 Å². The van der Waals surface area contributed by atoms with Crippen LogP contribution in [0.3, 0.4) is 0 Å². The topological polar surface area (TPSA) is 57.6 Å². The monoisotopic (exact) mass is 317 g/mol. The summed E-state index contributed by atoms with van der Waals surface area (Å²) in [5.74, 6) is -1.62. The zero-order chi connectivity index (χ0) is 13.7. The van der Waals surface area contributed by atoms with Gasteiger partial charge in [-0.2, -0.15) is 0 Å². The molecule has 1 aromatic rings. The van der Waals surface area contributed by atoms with Crippen molar-refractivity contribution in [2.24, 2.45) is 0 Å². The molecule has 0 heterocycles. The second-order valence-electron chi connectivity index (χ2n) is 3.75. The molecule has 1 atom stereocenters. The van der Waals surface area contributed by atoms with Crippen molar-refractivity contribution in [1.82, 2.24) is 4.90 Å². The lowest BCUT2D eigenvalue weighted by molar-refractivity contribution is -0.146. The van der Waals surface area contributed by atoms with Crippen LogP contribution in [0.25, 0.3) is 0 Å². The molecule has 0 fully saturated rings. The Balaban J connectivity index is 3.18. The first-order valence-corrected chi connectivity index (χ1v) is 6.19. The number of hydrogen-bond donors (Lipinski definition) is 1. The summed E-state index contributed by atoms with van der Waals surface area (Å²) in [6, 6.07) is 2.60. The van der Waals surface area contributed by atoms with Gasteiger partial charge in [-0.3, -0.25) is 4.79 Å². The van der Waals surface area contributed by atoms with Crippen molar-refractivity contribution in [3.8, 4) is 0 Å². The van der Waals surface area contributed by atoms with Crippen LogP contribution in [-0.2, 0) is 9.59 Å². The molecule has 0 saturated carbocycles. The Morgan fingerprint density at radius 3 is 2.72 bits per heavy atom. The Hall–Kier alpha value is -1.43. The normalized spacial score (nSPS) is 11.9. The standard InChI is InChI=1S/C12H13BrFNO3/c1-2-5-15(7-16)11(12(17)18)9-4-3-8(14)6-10(9)13/h3-4,6-7,11H,2,5H2,1H3,(H,17,18). The molecule has 1 rings (SSSR count). The van der Waals surface area contributed by atoms with E-state index in [9.17, 15) is 19.1 Å². The van der Waals surface area contributed by atoms with Gasteiger partial charge < -0.3 is 10.0 Å². The number of carboxylic acids is 1. The van der Waals surface area contributed by atoms with Crippen LogP contribution in [-0.4, -0.2) is 28.9 Å². The predicted molar refractivity (Wildman–Crippen MR) is 67.5 cm³/mol. The van der Waals surface area contributed by atoms with E-state index >= 15 is 0 Å². The summed E-state index contributed by atoms with van der Waals surface area (Å²) in [6.07, 6.45) is 1.14. The Morgan fingerprint density at radius 2 is 2.28 bits per heavy atom. The molecular formula is C12H13BrFNO3. The number of benzene rings is 1. The van der Waals surface area contributed by atoms with Gasteiger partial charge in [0, 0.05) is 16.6 Å². The highest BCUT2D eigenvalue weighted by atomic mass is 79.9. The number of hydrogen-bond acceptors (Lipinski definition) is 2. The smallest absolute Gasteiger partial charge is 0.331 e. The second-order valence-corrected chi connectivity index (χ2v) is 4.60. The molecule has 4 nitrogen and oxygen atoms in total. The van der Waals surface area contributed by atoms with E-state index in [1.54, 1.807) is 0 Å². The molecule has 1 amide bonds. The van der Waals surface area contributed by atoms with Crippen LogP contribution in [0.2, 0.25) is 0 Å². The lowest BCUT2D eigenvalue weighted by atomic mass is 10.1. The highest BCUT2D eigenvalue weighted by molar-refractivity contribution is 9.10. The van der Waals surface area contributed by atoms with Crippen molar-refractivity contribution >= 4 is 28.3 Å². The molecule has 0 aliphatic rings. The number of rotatable bonds is 6. The van der Waals surface area contributed by atoms with E-state index in [-0.39, 0.29) is 0 Å².